The number of guanidine groups is 1. The second-order valence-electron chi connectivity index (χ2n) is 7.31. The molecule has 2 N–H and O–H groups in total. The van der Waals surface area contributed by atoms with Crippen LogP contribution in [-0.4, -0.2) is 54.7 Å². The fourth-order valence-corrected chi connectivity index (χ4v) is 3.37. The average molecular weight is 553 g/mol. The number of halogens is 1. The molecule has 2 heterocycles. The number of carbonyl (C=O) groups excluding carboxylic acids is 1. The van der Waals surface area contributed by atoms with Crippen molar-refractivity contribution in [3.63, 3.8) is 0 Å². The van der Waals surface area contributed by atoms with E-state index in [0.29, 0.717) is 38.7 Å². The van der Waals surface area contributed by atoms with Gasteiger partial charge in [-0.3, -0.25) is 4.99 Å². The minimum Gasteiger partial charge on any atom is -0.473 e. The topological polar surface area (TPSA) is 88.1 Å². The number of likely N-dealkylation sites (tertiary alicyclic amines) is 1. The van der Waals surface area contributed by atoms with E-state index in [1.165, 1.54) is 0 Å². The third-order valence-corrected chi connectivity index (χ3v) is 5.07. The molecule has 0 saturated carbocycles. The number of hydrogen-bond acceptors (Lipinski definition) is 5. The lowest BCUT2D eigenvalue weighted by atomic mass is 10.1. The number of rotatable bonds is 7. The van der Waals surface area contributed by atoms with E-state index in [-0.39, 0.29) is 36.1 Å². The van der Waals surface area contributed by atoms with Crippen molar-refractivity contribution in [2.75, 3.05) is 26.7 Å². The van der Waals surface area contributed by atoms with E-state index < -0.39 is 0 Å². The molecule has 1 fully saturated rings. The van der Waals surface area contributed by atoms with Gasteiger partial charge < -0.3 is 25.0 Å². The van der Waals surface area contributed by atoms with Crippen molar-refractivity contribution in [1.29, 1.82) is 0 Å². The number of aliphatic imine (C=N–C) groups is 1. The highest BCUT2D eigenvalue weighted by Crippen LogP contribution is 2.13. The first-order valence-corrected chi connectivity index (χ1v) is 10.7. The van der Waals surface area contributed by atoms with Gasteiger partial charge in [-0.2, -0.15) is 0 Å². The molecule has 0 unspecified atom stereocenters. The van der Waals surface area contributed by atoms with E-state index in [1.54, 1.807) is 18.1 Å². The second-order valence-corrected chi connectivity index (χ2v) is 7.31. The first-order chi connectivity index (χ1) is 15.2. The number of hydrogen-bond donors (Lipinski definition) is 2. The lowest BCUT2D eigenvalue weighted by Crippen LogP contribution is -2.49. The van der Waals surface area contributed by atoms with Crippen molar-refractivity contribution in [3.8, 4) is 5.88 Å². The Bertz CT molecular complexity index is 858. The Labute approximate surface area is 206 Å². The van der Waals surface area contributed by atoms with Crippen LogP contribution in [0, 0.1) is 0 Å². The number of nitrogens with zero attached hydrogens (tertiary/aromatic N) is 3. The summed E-state index contributed by atoms with van der Waals surface area (Å²) in [6, 6.07) is 14.2. The van der Waals surface area contributed by atoms with Crippen molar-refractivity contribution >= 4 is 36.0 Å². The molecule has 0 bridgehead atoms. The largest absolute Gasteiger partial charge is 0.473 e. The summed E-state index contributed by atoms with van der Waals surface area (Å²) in [4.78, 5) is 22.2. The van der Waals surface area contributed by atoms with E-state index in [1.807, 2.05) is 49.4 Å². The fraction of sp³-hybridized carbons (Fsp3) is 0.435. The molecule has 1 saturated heterocycles. The number of carbonyl (C=O) groups is 1. The van der Waals surface area contributed by atoms with Crippen LogP contribution in [0.25, 0.3) is 0 Å². The molecule has 1 aliphatic rings. The smallest absolute Gasteiger partial charge is 0.409 e. The van der Waals surface area contributed by atoms with Gasteiger partial charge in [-0.05, 0) is 37.0 Å². The number of piperidine rings is 1. The number of amides is 1. The molecule has 2 aromatic rings. The van der Waals surface area contributed by atoms with Crippen molar-refractivity contribution in [2.24, 2.45) is 4.99 Å². The predicted molar refractivity (Wildman–Crippen MR) is 135 cm³/mol. The Hall–Kier alpha value is -2.56. The molecule has 1 aromatic carbocycles. The van der Waals surface area contributed by atoms with Crippen LogP contribution in [-0.2, 0) is 17.9 Å². The maximum absolute atomic E-state index is 11.8. The zero-order valence-corrected chi connectivity index (χ0v) is 21.0. The fourth-order valence-electron chi connectivity index (χ4n) is 3.37. The van der Waals surface area contributed by atoms with Gasteiger partial charge in [0.2, 0.25) is 5.88 Å². The predicted octanol–water partition coefficient (Wildman–Crippen LogP) is 3.56. The van der Waals surface area contributed by atoms with Crippen LogP contribution < -0.4 is 15.4 Å². The summed E-state index contributed by atoms with van der Waals surface area (Å²) < 4.78 is 10.9. The van der Waals surface area contributed by atoms with Gasteiger partial charge in [0, 0.05) is 45.0 Å². The monoisotopic (exact) mass is 553 g/mol. The molecule has 0 spiro atoms. The highest BCUT2D eigenvalue weighted by molar-refractivity contribution is 14.0. The van der Waals surface area contributed by atoms with Crippen molar-refractivity contribution in [2.45, 2.75) is 39.0 Å². The molecule has 0 aliphatic carbocycles. The zero-order chi connectivity index (χ0) is 21.9. The van der Waals surface area contributed by atoms with Crippen LogP contribution in [0.3, 0.4) is 0 Å². The molecule has 174 valence electrons. The summed E-state index contributed by atoms with van der Waals surface area (Å²) in [5.41, 5.74) is 2.16. The maximum Gasteiger partial charge on any atom is 0.409 e. The van der Waals surface area contributed by atoms with Gasteiger partial charge in [-0.1, -0.05) is 30.3 Å². The Balaban J connectivity index is 0.00000363. The van der Waals surface area contributed by atoms with Crippen molar-refractivity contribution < 1.29 is 14.3 Å². The number of nitrogens with one attached hydrogen (secondary N) is 2. The Kier molecular flexibility index (Phi) is 11.1. The lowest BCUT2D eigenvalue weighted by molar-refractivity contribution is 0.0963. The van der Waals surface area contributed by atoms with E-state index in [2.05, 4.69) is 20.6 Å². The molecule has 1 aromatic heterocycles. The van der Waals surface area contributed by atoms with Crippen LogP contribution in [0.1, 0.15) is 30.9 Å². The third kappa shape index (κ3) is 8.18. The van der Waals surface area contributed by atoms with E-state index in [9.17, 15) is 4.79 Å². The van der Waals surface area contributed by atoms with Crippen LogP contribution in [0.15, 0.2) is 53.7 Å². The van der Waals surface area contributed by atoms with Crippen LogP contribution in [0.2, 0.25) is 0 Å². The quantitative estimate of drug-likeness (QED) is 0.310. The molecule has 8 nitrogen and oxygen atoms in total. The van der Waals surface area contributed by atoms with Gasteiger partial charge in [-0.15, -0.1) is 24.0 Å². The molecule has 9 heteroatoms. The van der Waals surface area contributed by atoms with Gasteiger partial charge in [0.25, 0.3) is 0 Å². The molecular weight excluding hydrogens is 521 g/mol. The molecule has 0 atom stereocenters. The number of benzene rings is 1. The van der Waals surface area contributed by atoms with E-state index in [4.69, 9.17) is 9.47 Å². The first kappa shape index (κ1) is 25.7. The minimum absolute atomic E-state index is 0. The Morgan fingerprint density at radius 2 is 1.94 bits per heavy atom. The summed E-state index contributed by atoms with van der Waals surface area (Å²) in [6.07, 6.45) is 3.23. The average Bonchev–Trinajstić information content (AvgIpc) is 2.82. The molecule has 1 amide bonds. The van der Waals surface area contributed by atoms with Crippen molar-refractivity contribution in [1.82, 2.24) is 20.5 Å². The van der Waals surface area contributed by atoms with E-state index in [0.717, 1.165) is 29.9 Å². The second kappa shape index (κ2) is 13.8. The van der Waals surface area contributed by atoms with Gasteiger partial charge in [-0.25, -0.2) is 9.78 Å². The Morgan fingerprint density at radius 3 is 2.62 bits per heavy atom. The normalized spacial score (nSPS) is 14.3. The maximum atomic E-state index is 11.8. The zero-order valence-electron chi connectivity index (χ0n) is 18.6. The standard InChI is InChI=1S/C23H31N5O3.HI/c1-3-30-23(29)28-13-10-20(11-14-28)27-22(24-2)26-16-19-9-12-25-21(15-19)31-17-18-7-5-4-6-8-18;/h4-9,12,15,20H,3,10-11,13-14,16-17H2,1-2H3,(H2,24,26,27);1H. The van der Waals surface area contributed by atoms with Crippen LogP contribution >= 0.6 is 24.0 Å². The lowest BCUT2D eigenvalue weighted by Gasteiger charge is -2.32. The summed E-state index contributed by atoms with van der Waals surface area (Å²) >= 11 is 0. The summed E-state index contributed by atoms with van der Waals surface area (Å²) in [7, 11) is 1.75. The number of pyridine rings is 1. The number of aromatic nitrogens is 1. The molecule has 1 aliphatic heterocycles. The van der Waals surface area contributed by atoms with E-state index >= 15 is 0 Å². The number of ether oxygens (including phenoxy) is 2. The SMILES string of the molecule is CCOC(=O)N1CCC(NC(=NC)NCc2ccnc(OCc3ccccc3)c2)CC1.I. The third-order valence-electron chi connectivity index (χ3n) is 5.07. The highest BCUT2D eigenvalue weighted by atomic mass is 127. The summed E-state index contributed by atoms with van der Waals surface area (Å²) in [5, 5.41) is 6.78. The summed E-state index contributed by atoms with van der Waals surface area (Å²) in [6.45, 7) is 4.68. The Morgan fingerprint density at radius 1 is 1.19 bits per heavy atom. The van der Waals surface area contributed by atoms with Gasteiger partial charge in [0.1, 0.15) is 6.61 Å². The molecule has 0 radical (unpaired) electrons. The highest BCUT2D eigenvalue weighted by Gasteiger charge is 2.24. The van der Waals surface area contributed by atoms with Gasteiger partial charge in [0.05, 0.1) is 6.61 Å². The molecule has 3 rings (SSSR count). The molecule has 32 heavy (non-hydrogen) atoms. The first-order valence-electron chi connectivity index (χ1n) is 10.7. The van der Waals surface area contributed by atoms with Crippen molar-refractivity contribution in [3.05, 3.63) is 59.8 Å². The van der Waals surface area contributed by atoms with Crippen LogP contribution in [0.5, 0.6) is 5.88 Å². The minimum atomic E-state index is -0.230. The van der Waals surface area contributed by atoms with Gasteiger partial charge >= 0.3 is 6.09 Å². The van der Waals surface area contributed by atoms with Crippen LogP contribution in [0.4, 0.5) is 4.79 Å². The molecular formula is C23H32IN5O3. The summed E-state index contributed by atoms with van der Waals surface area (Å²) in [5.74, 6) is 1.33. The van der Waals surface area contributed by atoms with Gasteiger partial charge in [0.15, 0.2) is 5.96 Å².